The van der Waals surface area contributed by atoms with Crippen molar-refractivity contribution in [2.45, 2.75) is 58.0 Å². The van der Waals surface area contributed by atoms with Crippen molar-refractivity contribution in [1.29, 1.82) is 0 Å². The third kappa shape index (κ3) is 3.47. The summed E-state index contributed by atoms with van der Waals surface area (Å²) in [5, 5.41) is 0. The fourth-order valence-corrected chi connectivity index (χ4v) is 1.88. The summed E-state index contributed by atoms with van der Waals surface area (Å²) in [6.07, 6.45) is 5.92. The van der Waals surface area contributed by atoms with Gasteiger partial charge in [0.05, 0.1) is 12.2 Å². The molecule has 1 saturated heterocycles. The largest absolute Gasteiger partial charge is 0.374 e. The van der Waals surface area contributed by atoms with E-state index in [0.29, 0.717) is 25.2 Å². The summed E-state index contributed by atoms with van der Waals surface area (Å²) in [6, 6.07) is 0. The molecule has 0 aromatic heterocycles. The Kier molecular flexibility index (Phi) is 3.91. The molecule has 13 heavy (non-hydrogen) atoms. The summed E-state index contributed by atoms with van der Waals surface area (Å²) >= 11 is 0. The molecule has 0 saturated carbocycles. The molecular formula is C11H20O2. The molecule has 1 unspecified atom stereocenters. The highest BCUT2D eigenvalue weighted by Gasteiger charge is 2.31. The Morgan fingerprint density at radius 2 is 2.23 bits per heavy atom. The molecule has 1 fully saturated rings. The van der Waals surface area contributed by atoms with E-state index in [-0.39, 0.29) is 5.60 Å². The monoisotopic (exact) mass is 184 g/mol. The van der Waals surface area contributed by atoms with Crippen LogP contribution in [0.1, 0.15) is 52.4 Å². The SMILES string of the molecule is CCCCCC1(C)CC(=O)CCO1. The normalized spacial score (nSPS) is 29.2. The van der Waals surface area contributed by atoms with Gasteiger partial charge in [0.1, 0.15) is 5.78 Å². The lowest BCUT2D eigenvalue weighted by molar-refractivity contribution is -0.138. The summed E-state index contributed by atoms with van der Waals surface area (Å²) in [5.74, 6) is 0.366. The Bertz CT molecular complexity index is 177. The number of carbonyl (C=O) groups is 1. The number of hydrogen-bond acceptors (Lipinski definition) is 2. The van der Waals surface area contributed by atoms with Gasteiger partial charge in [-0.2, -0.15) is 0 Å². The molecule has 1 atom stereocenters. The zero-order valence-electron chi connectivity index (χ0n) is 8.77. The summed E-state index contributed by atoms with van der Waals surface area (Å²) in [4.78, 5) is 11.2. The van der Waals surface area contributed by atoms with Crippen molar-refractivity contribution in [3.8, 4) is 0 Å². The molecule has 1 heterocycles. The molecule has 0 radical (unpaired) electrons. The van der Waals surface area contributed by atoms with E-state index in [9.17, 15) is 4.79 Å². The van der Waals surface area contributed by atoms with E-state index in [1.807, 2.05) is 0 Å². The van der Waals surface area contributed by atoms with E-state index in [4.69, 9.17) is 4.74 Å². The molecule has 2 nitrogen and oxygen atoms in total. The van der Waals surface area contributed by atoms with Crippen molar-refractivity contribution in [2.24, 2.45) is 0 Å². The van der Waals surface area contributed by atoms with Gasteiger partial charge >= 0.3 is 0 Å². The maximum absolute atomic E-state index is 11.2. The first-order chi connectivity index (χ1) is 6.16. The van der Waals surface area contributed by atoms with E-state index in [1.54, 1.807) is 0 Å². The van der Waals surface area contributed by atoms with Crippen LogP contribution in [0.2, 0.25) is 0 Å². The molecule has 0 aromatic rings. The Hall–Kier alpha value is -0.370. The van der Waals surface area contributed by atoms with Crippen molar-refractivity contribution in [2.75, 3.05) is 6.61 Å². The van der Waals surface area contributed by atoms with Gasteiger partial charge < -0.3 is 4.74 Å². The lowest BCUT2D eigenvalue weighted by atomic mass is 9.89. The highest BCUT2D eigenvalue weighted by Crippen LogP contribution is 2.27. The molecule has 0 amide bonds. The van der Waals surface area contributed by atoms with Crippen LogP contribution in [0.15, 0.2) is 0 Å². The van der Waals surface area contributed by atoms with E-state index < -0.39 is 0 Å². The lowest BCUT2D eigenvalue weighted by Gasteiger charge is -2.33. The van der Waals surface area contributed by atoms with Gasteiger partial charge in [0.25, 0.3) is 0 Å². The van der Waals surface area contributed by atoms with Crippen LogP contribution in [-0.4, -0.2) is 18.0 Å². The molecule has 2 heteroatoms. The van der Waals surface area contributed by atoms with E-state index in [2.05, 4.69) is 13.8 Å². The van der Waals surface area contributed by atoms with Gasteiger partial charge in [-0.05, 0) is 13.3 Å². The van der Waals surface area contributed by atoms with Gasteiger partial charge in [-0.3, -0.25) is 4.79 Å². The van der Waals surface area contributed by atoms with Crippen LogP contribution in [0.25, 0.3) is 0 Å². The first-order valence-corrected chi connectivity index (χ1v) is 5.32. The molecule has 1 aliphatic rings. The average molecular weight is 184 g/mol. The zero-order chi connectivity index (χ0) is 9.73. The molecule has 0 spiro atoms. The molecule has 1 rings (SSSR count). The second-order valence-corrected chi connectivity index (χ2v) is 4.22. The lowest BCUT2D eigenvalue weighted by Crippen LogP contribution is -2.37. The smallest absolute Gasteiger partial charge is 0.138 e. The van der Waals surface area contributed by atoms with Crippen molar-refractivity contribution in [3.05, 3.63) is 0 Å². The highest BCUT2D eigenvalue weighted by atomic mass is 16.5. The van der Waals surface area contributed by atoms with Crippen LogP contribution in [0.3, 0.4) is 0 Å². The van der Waals surface area contributed by atoms with Crippen LogP contribution >= 0.6 is 0 Å². The molecule has 76 valence electrons. The molecule has 1 aliphatic heterocycles. The first-order valence-electron chi connectivity index (χ1n) is 5.32. The minimum atomic E-state index is -0.148. The summed E-state index contributed by atoms with van der Waals surface area (Å²) < 4.78 is 5.66. The topological polar surface area (TPSA) is 26.3 Å². The number of rotatable bonds is 4. The van der Waals surface area contributed by atoms with Gasteiger partial charge in [0, 0.05) is 12.8 Å². The molecule has 0 aliphatic carbocycles. The van der Waals surface area contributed by atoms with Crippen LogP contribution < -0.4 is 0 Å². The van der Waals surface area contributed by atoms with Crippen LogP contribution in [0.5, 0.6) is 0 Å². The van der Waals surface area contributed by atoms with E-state index in [0.717, 1.165) is 6.42 Å². The third-order valence-electron chi connectivity index (χ3n) is 2.71. The molecular weight excluding hydrogens is 164 g/mol. The second kappa shape index (κ2) is 4.75. The number of carbonyl (C=O) groups excluding carboxylic acids is 1. The van der Waals surface area contributed by atoms with Gasteiger partial charge in [-0.15, -0.1) is 0 Å². The van der Waals surface area contributed by atoms with Gasteiger partial charge in [0.15, 0.2) is 0 Å². The van der Waals surface area contributed by atoms with Crippen molar-refractivity contribution >= 4 is 5.78 Å². The molecule has 0 aromatic carbocycles. The first kappa shape index (κ1) is 10.7. The number of hydrogen-bond donors (Lipinski definition) is 0. The number of Topliss-reactive ketones (excluding diaryl/α,β-unsaturated/α-hetero) is 1. The molecule has 0 bridgehead atoms. The molecule has 0 N–H and O–H groups in total. The second-order valence-electron chi connectivity index (χ2n) is 4.22. The van der Waals surface area contributed by atoms with Crippen molar-refractivity contribution in [3.63, 3.8) is 0 Å². The summed E-state index contributed by atoms with van der Waals surface area (Å²) in [5.41, 5.74) is -0.148. The minimum Gasteiger partial charge on any atom is -0.374 e. The van der Waals surface area contributed by atoms with Gasteiger partial charge in [0.2, 0.25) is 0 Å². The average Bonchev–Trinajstić information content (AvgIpc) is 2.04. The fraction of sp³-hybridized carbons (Fsp3) is 0.909. The summed E-state index contributed by atoms with van der Waals surface area (Å²) in [7, 11) is 0. The van der Waals surface area contributed by atoms with Gasteiger partial charge in [-0.25, -0.2) is 0 Å². The van der Waals surface area contributed by atoms with Crippen molar-refractivity contribution in [1.82, 2.24) is 0 Å². The van der Waals surface area contributed by atoms with Gasteiger partial charge in [-0.1, -0.05) is 26.2 Å². The maximum atomic E-state index is 11.2. The quantitative estimate of drug-likeness (QED) is 0.628. The zero-order valence-corrected chi connectivity index (χ0v) is 8.77. The Morgan fingerprint density at radius 1 is 1.46 bits per heavy atom. The minimum absolute atomic E-state index is 0.148. The van der Waals surface area contributed by atoms with E-state index >= 15 is 0 Å². The van der Waals surface area contributed by atoms with E-state index in [1.165, 1.54) is 19.3 Å². The third-order valence-corrected chi connectivity index (χ3v) is 2.71. The predicted octanol–water partition coefficient (Wildman–Crippen LogP) is 2.70. The summed E-state index contributed by atoms with van der Waals surface area (Å²) in [6.45, 7) is 4.89. The Morgan fingerprint density at radius 3 is 2.85 bits per heavy atom. The van der Waals surface area contributed by atoms with Crippen molar-refractivity contribution < 1.29 is 9.53 Å². The number of ether oxygens (including phenoxy) is 1. The highest BCUT2D eigenvalue weighted by molar-refractivity contribution is 5.80. The Labute approximate surface area is 80.7 Å². The predicted molar refractivity (Wildman–Crippen MR) is 52.7 cm³/mol. The maximum Gasteiger partial charge on any atom is 0.138 e. The van der Waals surface area contributed by atoms with Crippen LogP contribution in [0.4, 0.5) is 0 Å². The Balaban J connectivity index is 2.31. The number of unbranched alkanes of at least 4 members (excludes halogenated alkanes) is 2. The van der Waals surface area contributed by atoms with Crippen LogP contribution in [-0.2, 0) is 9.53 Å². The number of ketones is 1. The fourth-order valence-electron chi connectivity index (χ4n) is 1.88. The standard InChI is InChI=1S/C11H20O2/c1-3-4-5-7-11(2)9-10(12)6-8-13-11/h3-9H2,1-2H3. The van der Waals surface area contributed by atoms with Crippen LogP contribution in [0, 0.1) is 0 Å².